The molecule has 1 aromatic carbocycles. The van der Waals surface area contributed by atoms with Crippen molar-refractivity contribution in [3.05, 3.63) is 17.1 Å². The number of benzene rings is 1. The van der Waals surface area contributed by atoms with Gasteiger partial charge >= 0.3 is 0 Å². The molecule has 0 radical (unpaired) electrons. The lowest BCUT2D eigenvalue weighted by Crippen LogP contribution is -2.11. The molecule has 0 saturated heterocycles. The molecule has 0 aliphatic rings. The van der Waals surface area contributed by atoms with Crippen molar-refractivity contribution in [2.45, 2.75) is 13.0 Å². The summed E-state index contributed by atoms with van der Waals surface area (Å²) in [6.45, 7) is 2.04. The van der Waals surface area contributed by atoms with E-state index in [1.54, 1.807) is 21.3 Å². The van der Waals surface area contributed by atoms with Gasteiger partial charge in [-0.1, -0.05) is 11.3 Å². The van der Waals surface area contributed by atoms with Crippen molar-refractivity contribution in [1.29, 1.82) is 0 Å². The van der Waals surface area contributed by atoms with Crippen molar-refractivity contribution in [1.82, 2.24) is 15.5 Å². The summed E-state index contributed by atoms with van der Waals surface area (Å²) in [5.41, 5.74) is 0.886. The standard InChI is InChI=1S/C14H19N3O3S/c1-8(15-2)13-16-17-14(21-13)9-6-10(18-3)12(20-5)11(7-9)19-4/h6-8,15H,1-5H3. The molecule has 1 heterocycles. The Morgan fingerprint density at radius 3 is 2.14 bits per heavy atom. The van der Waals surface area contributed by atoms with E-state index >= 15 is 0 Å². The van der Waals surface area contributed by atoms with Crippen molar-refractivity contribution in [2.75, 3.05) is 28.4 Å². The Balaban J connectivity index is 2.46. The number of rotatable bonds is 6. The number of aromatic nitrogens is 2. The Bertz CT molecular complexity index is 590. The average molecular weight is 309 g/mol. The van der Waals surface area contributed by atoms with E-state index in [0.717, 1.165) is 15.6 Å². The Morgan fingerprint density at radius 1 is 1.05 bits per heavy atom. The van der Waals surface area contributed by atoms with Gasteiger partial charge in [0.1, 0.15) is 10.0 Å². The van der Waals surface area contributed by atoms with Gasteiger partial charge in [0.25, 0.3) is 0 Å². The zero-order valence-corrected chi connectivity index (χ0v) is 13.6. The molecule has 2 rings (SSSR count). The van der Waals surface area contributed by atoms with Crippen LogP contribution in [0.15, 0.2) is 12.1 Å². The lowest BCUT2D eigenvalue weighted by atomic mass is 10.2. The smallest absolute Gasteiger partial charge is 0.203 e. The summed E-state index contributed by atoms with van der Waals surface area (Å²) < 4.78 is 16.0. The van der Waals surface area contributed by atoms with E-state index in [1.165, 1.54) is 11.3 Å². The predicted molar refractivity (Wildman–Crippen MR) is 82.5 cm³/mol. The number of nitrogens with one attached hydrogen (secondary N) is 1. The number of ether oxygens (including phenoxy) is 3. The van der Waals surface area contributed by atoms with Crippen LogP contribution in [0.1, 0.15) is 18.0 Å². The molecule has 0 spiro atoms. The second-order valence-corrected chi connectivity index (χ2v) is 5.38. The molecular weight excluding hydrogens is 290 g/mol. The predicted octanol–water partition coefficient (Wildman–Crippen LogP) is 2.51. The molecular formula is C14H19N3O3S. The van der Waals surface area contributed by atoms with E-state index in [4.69, 9.17) is 14.2 Å². The van der Waals surface area contributed by atoms with Crippen LogP contribution in [0, 0.1) is 0 Å². The molecule has 0 fully saturated rings. The zero-order valence-electron chi connectivity index (χ0n) is 12.8. The second-order valence-electron chi connectivity index (χ2n) is 4.37. The van der Waals surface area contributed by atoms with Gasteiger partial charge in [0.05, 0.1) is 27.4 Å². The molecule has 1 unspecified atom stereocenters. The molecule has 0 aliphatic heterocycles. The third-order valence-corrected chi connectivity index (χ3v) is 4.31. The summed E-state index contributed by atoms with van der Waals surface area (Å²) in [6.07, 6.45) is 0. The van der Waals surface area contributed by atoms with Gasteiger partial charge in [-0.25, -0.2) is 0 Å². The highest BCUT2D eigenvalue weighted by Crippen LogP contribution is 2.41. The third-order valence-electron chi connectivity index (χ3n) is 3.16. The minimum Gasteiger partial charge on any atom is -0.493 e. The monoisotopic (exact) mass is 309 g/mol. The van der Waals surface area contributed by atoms with Crippen molar-refractivity contribution in [2.24, 2.45) is 0 Å². The quantitative estimate of drug-likeness (QED) is 0.884. The van der Waals surface area contributed by atoms with Crippen LogP contribution in [-0.4, -0.2) is 38.6 Å². The first-order valence-corrected chi connectivity index (χ1v) is 7.27. The van der Waals surface area contributed by atoms with Gasteiger partial charge < -0.3 is 19.5 Å². The minimum absolute atomic E-state index is 0.165. The van der Waals surface area contributed by atoms with Crippen molar-refractivity contribution < 1.29 is 14.2 Å². The molecule has 6 nitrogen and oxygen atoms in total. The van der Waals surface area contributed by atoms with Gasteiger partial charge in [-0.3, -0.25) is 0 Å². The highest BCUT2D eigenvalue weighted by atomic mass is 32.1. The topological polar surface area (TPSA) is 65.5 Å². The van der Waals surface area contributed by atoms with E-state index in [-0.39, 0.29) is 6.04 Å². The highest BCUT2D eigenvalue weighted by molar-refractivity contribution is 7.14. The van der Waals surface area contributed by atoms with Crippen molar-refractivity contribution >= 4 is 11.3 Å². The van der Waals surface area contributed by atoms with E-state index in [9.17, 15) is 0 Å². The third kappa shape index (κ3) is 3.08. The molecule has 2 aromatic rings. The van der Waals surface area contributed by atoms with Crippen LogP contribution in [0.3, 0.4) is 0 Å². The molecule has 1 N–H and O–H groups in total. The van der Waals surface area contributed by atoms with Crippen LogP contribution in [0.2, 0.25) is 0 Å². The van der Waals surface area contributed by atoms with Gasteiger partial charge in [0.15, 0.2) is 11.5 Å². The summed E-state index contributed by atoms with van der Waals surface area (Å²) >= 11 is 1.53. The van der Waals surface area contributed by atoms with Gasteiger partial charge in [-0.05, 0) is 26.1 Å². The number of methoxy groups -OCH3 is 3. The maximum absolute atomic E-state index is 5.36. The summed E-state index contributed by atoms with van der Waals surface area (Å²) in [6, 6.07) is 3.91. The molecule has 0 amide bonds. The Kier molecular flexibility index (Phi) is 4.98. The molecule has 0 aliphatic carbocycles. The summed E-state index contributed by atoms with van der Waals surface area (Å²) in [4.78, 5) is 0. The van der Waals surface area contributed by atoms with Crippen LogP contribution < -0.4 is 19.5 Å². The minimum atomic E-state index is 0.165. The first-order chi connectivity index (χ1) is 10.1. The van der Waals surface area contributed by atoms with Crippen molar-refractivity contribution in [3.8, 4) is 27.8 Å². The van der Waals surface area contributed by atoms with E-state index in [1.807, 2.05) is 26.1 Å². The van der Waals surface area contributed by atoms with E-state index in [2.05, 4.69) is 15.5 Å². The highest BCUT2D eigenvalue weighted by Gasteiger charge is 2.17. The average Bonchev–Trinajstić information content (AvgIpc) is 3.02. The molecule has 1 aromatic heterocycles. The van der Waals surface area contributed by atoms with Crippen LogP contribution >= 0.6 is 11.3 Å². The SMILES string of the molecule is CNC(C)c1nnc(-c2cc(OC)c(OC)c(OC)c2)s1. The summed E-state index contributed by atoms with van der Waals surface area (Å²) in [5.74, 6) is 1.77. The Hall–Kier alpha value is -1.86. The van der Waals surface area contributed by atoms with Gasteiger partial charge in [-0.15, -0.1) is 10.2 Å². The normalized spacial score (nSPS) is 12.0. The van der Waals surface area contributed by atoms with Crippen LogP contribution in [0.4, 0.5) is 0 Å². The van der Waals surface area contributed by atoms with Crippen molar-refractivity contribution in [3.63, 3.8) is 0 Å². The molecule has 1 atom stereocenters. The molecule has 7 heteroatoms. The lowest BCUT2D eigenvalue weighted by Gasteiger charge is -2.13. The number of hydrogen-bond donors (Lipinski definition) is 1. The van der Waals surface area contributed by atoms with E-state index < -0.39 is 0 Å². The fourth-order valence-electron chi connectivity index (χ4n) is 1.85. The molecule has 0 saturated carbocycles. The first-order valence-electron chi connectivity index (χ1n) is 6.45. The largest absolute Gasteiger partial charge is 0.493 e. The second kappa shape index (κ2) is 6.73. The zero-order chi connectivity index (χ0) is 15.4. The van der Waals surface area contributed by atoms with Gasteiger partial charge in [-0.2, -0.15) is 0 Å². The molecule has 114 valence electrons. The number of hydrogen-bond acceptors (Lipinski definition) is 7. The number of nitrogens with zero attached hydrogens (tertiary/aromatic N) is 2. The summed E-state index contributed by atoms with van der Waals surface area (Å²) in [7, 11) is 6.66. The van der Waals surface area contributed by atoms with Gasteiger partial charge in [0.2, 0.25) is 5.75 Å². The van der Waals surface area contributed by atoms with Crippen LogP contribution in [0.5, 0.6) is 17.2 Å². The van der Waals surface area contributed by atoms with Gasteiger partial charge in [0, 0.05) is 5.56 Å². The van der Waals surface area contributed by atoms with E-state index in [0.29, 0.717) is 17.2 Å². The molecule has 0 bridgehead atoms. The Labute approximate surface area is 128 Å². The maximum Gasteiger partial charge on any atom is 0.203 e. The molecule has 21 heavy (non-hydrogen) atoms. The maximum atomic E-state index is 5.36. The summed E-state index contributed by atoms with van der Waals surface area (Å²) in [5, 5.41) is 13.3. The van der Waals surface area contributed by atoms with Crippen LogP contribution in [0.25, 0.3) is 10.6 Å². The Morgan fingerprint density at radius 2 is 1.67 bits per heavy atom. The van der Waals surface area contributed by atoms with Crippen LogP contribution in [-0.2, 0) is 0 Å². The first kappa shape index (κ1) is 15.5. The fourth-order valence-corrected chi connectivity index (χ4v) is 2.75. The lowest BCUT2D eigenvalue weighted by molar-refractivity contribution is 0.324. The fraction of sp³-hybridized carbons (Fsp3) is 0.429.